The van der Waals surface area contributed by atoms with E-state index >= 15 is 0 Å². The third-order valence-corrected chi connectivity index (χ3v) is 11.1. The van der Waals surface area contributed by atoms with Gasteiger partial charge < -0.3 is 9.16 Å². The maximum absolute atomic E-state index is 12.3. The summed E-state index contributed by atoms with van der Waals surface area (Å²) >= 11 is 0. The Balaban J connectivity index is 1.93. The molecule has 1 aliphatic heterocycles. The van der Waals surface area contributed by atoms with E-state index in [2.05, 4.69) is 33.9 Å². The van der Waals surface area contributed by atoms with Crippen LogP contribution < -0.4 is 0 Å². The lowest BCUT2D eigenvalue weighted by Crippen LogP contribution is -2.46. The van der Waals surface area contributed by atoms with Crippen LogP contribution in [0.15, 0.2) is 29.2 Å². The molecule has 26 heavy (non-hydrogen) atoms. The smallest absolute Gasteiger partial charge is 0.297 e. The van der Waals surface area contributed by atoms with Crippen LogP contribution in [-0.2, 0) is 23.5 Å². The summed E-state index contributed by atoms with van der Waals surface area (Å²) in [5, 5.41) is 0.145. The highest BCUT2D eigenvalue weighted by molar-refractivity contribution is 7.86. The topological polar surface area (TPSA) is 61.8 Å². The Morgan fingerprint density at radius 2 is 1.81 bits per heavy atom. The van der Waals surface area contributed by atoms with E-state index in [-0.39, 0.29) is 28.7 Å². The molecule has 0 saturated carbocycles. The van der Waals surface area contributed by atoms with Gasteiger partial charge in [0, 0.05) is 19.1 Å². The van der Waals surface area contributed by atoms with E-state index in [4.69, 9.17) is 13.3 Å². The summed E-state index contributed by atoms with van der Waals surface area (Å²) in [6.07, 6.45) is 1.34. The van der Waals surface area contributed by atoms with E-state index in [1.807, 2.05) is 6.92 Å². The lowest BCUT2D eigenvalue weighted by atomic mass is 10.1. The van der Waals surface area contributed by atoms with Crippen LogP contribution >= 0.6 is 0 Å². The van der Waals surface area contributed by atoms with Gasteiger partial charge in [-0.1, -0.05) is 38.5 Å². The monoisotopic (exact) mass is 400 g/mol. The molecule has 1 aliphatic rings. The van der Waals surface area contributed by atoms with Crippen molar-refractivity contribution in [3.05, 3.63) is 29.8 Å². The number of rotatable bonds is 6. The van der Waals surface area contributed by atoms with Crippen LogP contribution in [0.5, 0.6) is 0 Å². The first-order chi connectivity index (χ1) is 11.9. The third-order valence-electron chi connectivity index (χ3n) is 5.31. The van der Waals surface area contributed by atoms with Crippen molar-refractivity contribution in [1.29, 1.82) is 0 Å². The molecule has 0 amide bonds. The molecule has 2 rings (SSSR count). The summed E-state index contributed by atoms with van der Waals surface area (Å²) in [5.74, 6) is 0. The largest absolute Gasteiger partial charge is 0.414 e. The maximum atomic E-state index is 12.3. The predicted octanol–water partition coefficient (Wildman–Crippen LogP) is 4.27. The first-order valence-corrected chi connectivity index (χ1v) is 13.5. The van der Waals surface area contributed by atoms with Crippen molar-refractivity contribution in [2.75, 3.05) is 13.2 Å². The molecular weight excluding hydrogens is 368 g/mol. The standard InChI is InChI=1S/C19H32O5SSi/c1-15-7-9-18(10-8-15)25(20,21)23-14-17-13-16(11-12-22-17)24-26(5,6)19(2,3)4/h7-10,16-17H,11-14H2,1-6H3/t16-,17+/m0/s1. The minimum absolute atomic E-state index is 0.0214. The Hall–Kier alpha value is -0.733. The Bertz CT molecular complexity index is 692. The quantitative estimate of drug-likeness (QED) is 0.527. The van der Waals surface area contributed by atoms with Gasteiger partial charge in [-0.2, -0.15) is 8.42 Å². The van der Waals surface area contributed by atoms with Gasteiger partial charge in [-0.05, 0) is 43.6 Å². The first-order valence-electron chi connectivity index (χ1n) is 9.16. The highest BCUT2D eigenvalue weighted by Crippen LogP contribution is 2.38. The lowest BCUT2D eigenvalue weighted by Gasteiger charge is -2.41. The molecule has 0 N–H and O–H groups in total. The van der Waals surface area contributed by atoms with E-state index in [0.29, 0.717) is 13.0 Å². The Labute approximate surface area is 159 Å². The first kappa shape index (κ1) is 21.6. The molecule has 7 heteroatoms. The Kier molecular flexibility index (Phi) is 6.72. The van der Waals surface area contributed by atoms with Crippen molar-refractivity contribution >= 4 is 18.4 Å². The fourth-order valence-corrected chi connectivity index (χ4v) is 4.94. The molecule has 1 aromatic carbocycles. The number of ether oxygens (including phenoxy) is 1. The molecular formula is C19H32O5SSi. The van der Waals surface area contributed by atoms with Crippen LogP contribution in [-0.4, -0.2) is 42.2 Å². The van der Waals surface area contributed by atoms with Gasteiger partial charge in [-0.25, -0.2) is 0 Å². The number of benzene rings is 1. The van der Waals surface area contributed by atoms with Crippen LogP contribution in [0, 0.1) is 6.92 Å². The van der Waals surface area contributed by atoms with Gasteiger partial charge in [0.2, 0.25) is 0 Å². The molecule has 1 saturated heterocycles. The molecule has 1 heterocycles. The summed E-state index contributed by atoms with van der Waals surface area (Å²) in [6, 6.07) is 6.65. The Morgan fingerprint density at radius 1 is 1.19 bits per heavy atom. The van der Waals surface area contributed by atoms with Gasteiger partial charge in [0.1, 0.15) is 0 Å². The van der Waals surface area contributed by atoms with Gasteiger partial charge >= 0.3 is 0 Å². The molecule has 148 valence electrons. The van der Waals surface area contributed by atoms with Crippen molar-refractivity contribution in [3.63, 3.8) is 0 Å². The van der Waals surface area contributed by atoms with Gasteiger partial charge in [0.15, 0.2) is 8.32 Å². The van der Waals surface area contributed by atoms with Crippen LogP contribution in [0.3, 0.4) is 0 Å². The molecule has 0 aliphatic carbocycles. The number of hydrogen-bond acceptors (Lipinski definition) is 5. The summed E-state index contributed by atoms with van der Waals surface area (Å²) in [6.45, 7) is 13.6. The lowest BCUT2D eigenvalue weighted by molar-refractivity contribution is -0.0553. The molecule has 5 nitrogen and oxygen atoms in total. The molecule has 0 aromatic heterocycles. The van der Waals surface area contributed by atoms with Gasteiger partial charge in [-0.3, -0.25) is 4.18 Å². The van der Waals surface area contributed by atoms with E-state index in [1.165, 1.54) is 0 Å². The molecule has 1 fully saturated rings. The number of hydrogen-bond donors (Lipinski definition) is 0. The fraction of sp³-hybridized carbons (Fsp3) is 0.684. The van der Waals surface area contributed by atoms with Crippen molar-refractivity contribution in [2.24, 2.45) is 0 Å². The number of aryl methyl sites for hydroxylation is 1. The van der Waals surface area contributed by atoms with Crippen LogP contribution in [0.25, 0.3) is 0 Å². The fourth-order valence-electron chi connectivity index (χ4n) is 2.60. The second-order valence-corrected chi connectivity index (χ2v) is 14.9. The molecule has 1 aromatic rings. The molecule has 0 unspecified atom stereocenters. The summed E-state index contributed by atoms with van der Waals surface area (Å²) in [4.78, 5) is 0.174. The predicted molar refractivity (Wildman–Crippen MR) is 105 cm³/mol. The zero-order valence-electron chi connectivity index (χ0n) is 16.7. The zero-order chi connectivity index (χ0) is 19.6. The Morgan fingerprint density at radius 3 is 2.38 bits per heavy atom. The second kappa shape index (κ2) is 8.10. The average Bonchev–Trinajstić information content (AvgIpc) is 2.52. The maximum Gasteiger partial charge on any atom is 0.297 e. The van der Waals surface area contributed by atoms with Gasteiger partial charge in [0.05, 0.1) is 17.6 Å². The van der Waals surface area contributed by atoms with E-state index in [1.54, 1.807) is 24.3 Å². The van der Waals surface area contributed by atoms with Crippen LogP contribution in [0.2, 0.25) is 18.1 Å². The molecule has 0 bridgehead atoms. The average molecular weight is 401 g/mol. The minimum Gasteiger partial charge on any atom is -0.414 e. The normalized spacial score (nSPS) is 22.4. The highest BCUT2D eigenvalue weighted by atomic mass is 32.2. The third kappa shape index (κ3) is 5.63. The summed E-state index contributed by atoms with van der Waals surface area (Å²) in [7, 11) is -5.62. The van der Waals surface area contributed by atoms with Crippen molar-refractivity contribution in [3.8, 4) is 0 Å². The molecule has 0 spiro atoms. The van der Waals surface area contributed by atoms with Crippen LogP contribution in [0.4, 0.5) is 0 Å². The minimum atomic E-state index is -3.76. The van der Waals surface area contributed by atoms with Gasteiger partial charge in [-0.15, -0.1) is 0 Å². The highest BCUT2D eigenvalue weighted by Gasteiger charge is 2.40. The van der Waals surface area contributed by atoms with E-state index < -0.39 is 18.4 Å². The summed E-state index contributed by atoms with van der Waals surface area (Å²) < 4.78 is 42.1. The molecule has 2 atom stereocenters. The second-order valence-electron chi connectivity index (χ2n) is 8.57. The molecule has 0 radical (unpaired) electrons. The van der Waals surface area contributed by atoms with Crippen molar-refractivity contribution in [2.45, 2.75) is 75.8 Å². The zero-order valence-corrected chi connectivity index (χ0v) is 18.6. The summed E-state index contributed by atoms with van der Waals surface area (Å²) in [5.41, 5.74) is 1.00. The van der Waals surface area contributed by atoms with Gasteiger partial charge in [0.25, 0.3) is 10.1 Å². The van der Waals surface area contributed by atoms with Crippen LogP contribution in [0.1, 0.15) is 39.2 Å². The van der Waals surface area contributed by atoms with E-state index in [9.17, 15) is 8.42 Å². The van der Waals surface area contributed by atoms with Crippen molar-refractivity contribution < 1.29 is 21.8 Å². The van der Waals surface area contributed by atoms with Crippen molar-refractivity contribution in [1.82, 2.24) is 0 Å². The van der Waals surface area contributed by atoms with E-state index in [0.717, 1.165) is 12.0 Å². The SMILES string of the molecule is Cc1ccc(S(=O)(=O)OC[C@H]2C[C@@H](O[Si](C)(C)C(C)(C)C)CCO2)cc1.